The van der Waals surface area contributed by atoms with E-state index in [0.29, 0.717) is 17.3 Å². The van der Waals surface area contributed by atoms with Crippen LogP contribution in [0.2, 0.25) is 0 Å². The molecule has 6 rings (SSSR count). The Morgan fingerprint density at radius 2 is 1.57 bits per heavy atom. The molecule has 5 heteroatoms. The maximum Gasteiger partial charge on any atom is 0.258 e. The zero-order valence-corrected chi connectivity index (χ0v) is 20.7. The monoisotopic (exact) mass is 482 g/mol. The topological polar surface area (TPSA) is 63.6 Å². The summed E-state index contributed by atoms with van der Waals surface area (Å²) in [5, 5.41) is 0. The summed E-state index contributed by atoms with van der Waals surface area (Å²) in [4.78, 5) is 25.3. The second-order valence-corrected chi connectivity index (χ2v) is 9.41. The Labute approximate surface area is 215 Å². The Morgan fingerprint density at radius 3 is 2.32 bits per heavy atom. The van der Waals surface area contributed by atoms with Crippen LogP contribution in [-0.2, 0) is 0 Å². The standard InChI is InChI=1S/C32H26N4O/c1-21(2)22-18-23(20-24(19-22)28-14-6-7-16-33-28)26-12-8-15-29-30(26)35-31(27-13-9-17-34-32(27)37)36(29)25-10-4-3-5-11-25/h3-21H,1-2H3,(H,34,37). The van der Waals surface area contributed by atoms with Gasteiger partial charge in [-0.3, -0.25) is 14.3 Å². The van der Waals surface area contributed by atoms with Crippen LogP contribution in [0.25, 0.3) is 50.5 Å². The quantitative estimate of drug-likeness (QED) is 0.282. The summed E-state index contributed by atoms with van der Waals surface area (Å²) >= 11 is 0. The van der Waals surface area contributed by atoms with E-state index in [0.717, 1.165) is 39.1 Å². The van der Waals surface area contributed by atoms with Crippen LogP contribution in [0.15, 0.2) is 114 Å². The molecule has 0 spiro atoms. The molecule has 0 bridgehead atoms. The number of hydrogen-bond donors (Lipinski definition) is 1. The number of imidazole rings is 1. The summed E-state index contributed by atoms with van der Waals surface area (Å²) in [6.45, 7) is 4.40. The van der Waals surface area contributed by atoms with Crippen LogP contribution in [-0.4, -0.2) is 19.5 Å². The summed E-state index contributed by atoms with van der Waals surface area (Å²) in [6.07, 6.45) is 3.46. The van der Waals surface area contributed by atoms with E-state index in [2.05, 4.69) is 64.8 Å². The molecule has 0 aliphatic carbocycles. The number of nitrogens with zero attached hydrogens (tertiary/aromatic N) is 3. The molecule has 0 aliphatic rings. The van der Waals surface area contributed by atoms with Gasteiger partial charge in [0.15, 0.2) is 5.82 Å². The fourth-order valence-electron chi connectivity index (χ4n) is 4.77. The molecule has 0 saturated carbocycles. The van der Waals surface area contributed by atoms with E-state index < -0.39 is 0 Å². The van der Waals surface area contributed by atoms with Gasteiger partial charge in [0.05, 0.1) is 22.3 Å². The highest BCUT2D eigenvalue weighted by atomic mass is 16.1. The third-order valence-electron chi connectivity index (χ3n) is 6.65. The largest absolute Gasteiger partial charge is 0.328 e. The number of benzene rings is 3. The van der Waals surface area contributed by atoms with Crippen LogP contribution in [0.5, 0.6) is 0 Å². The van der Waals surface area contributed by atoms with Crippen molar-refractivity contribution in [3.05, 3.63) is 125 Å². The number of hydrogen-bond acceptors (Lipinski definition) is 3. The van der Waals surface area contributed by atoms with Crippen LogP contribution in [0.1, 0.15) is 25.3 Å². The molecule has 0 radical (unpaired) electrons. The van der Waals surface area contributed by atoms with Crippen molar-refractivity contribution in [2.45, 2.75) is 19.8 Å². The fraction of sp³-hybridized carbons (Fsp3) is 0.0938. The summed E-state index contributed by atoms with van der Waals surface area (Å²) in [5.41, 5.74) is 8.42. The van der Waals surface area contributed by atoms with E-state index in [1.54, 1.807) is 6.20 Å². The van der Waals surface area contributed by atoms with Gasteiger partial charge in [-0.25, -0.2) is 4.98 Å². The molecule has 0 unspecified atom stereocenters. The highest BCUT2D eigenvalue weighted by molar-refractivity contribution is 5.96. The van der Waals surface area contributed by atoms with Crippen LogP contribution in [0.3, 0.4) is 0 Å². The minimum atomic E-state index is -0.171. The molecule has 3 aromatic carbocycles. The summed E-state index contributed by atoms with van der Waals surface area (Å²) in [6, 6.07) is 32.5. The summed E-state index contributed by atoms with van der Waals surface area (Å²) < 4.78 is 2.06. The van der Waals surface area contributed by atoms with E-state index in [1.165, 1.54) is 5.56 Å². The zero-order chi connectivity index (χ0) is 25.4. The molecular weight excluding hydrogens is 456 g/mol. The van der Waals surface area contributed by atoms with Gasteiger partial charge < -0.3 is 4.98 Å². The lowest BCUT2D eigenvalue weighted by Crippen LogP contribution is -2.10. The van der Waals surface area contributed by atoms with Gasteiger partial charge in [0, 0.05) is 29.2 Å². The highest BCUT2D eigenvalue weighted by Gasteiger charge is 2.20. The van der Waals surface area contributed by atoms with Crippen LogP contribution >= 0.6 is 0 Å². The van der Waals surface area contributed by atoms with Crippen LogP contribution in [0, 0.1) is 0 Å². The Bertz CT molecular complexity index is 1770. The zero-order valence-electron chi connectivity index (χ0n) is 20.7. The molecule has 0 fully saturated rings. The van der Waals surface area contributed by atoms with Crippen molar-refractivity contribution in [2.24, 2.45) is 0 Å². The Balaban J connectivity index is 1.65. The molecule has 3 heterocycles. The number of H-pyrrole nitrogens is 1. The molecule has 0 amide bonds. The predicted octanol–water partition coefficient (Wildman–Crippen LogP) is 7.23. The first-order valence-electron chi connectivity index (χ1n) is 12.4. The van der Waals surface area contributed by atoms with Crippen molar-refractivity contribution in [1.29, 1.82) is 0 Å². The second-order valence-electron chi connectivity index (χ2n) is 9.41. The molecule has 5 nitrogen and oxygen atoms in total. The highest BCUT2D eigenvalue weighted by Crippen LogP contribution is 2.36. The van der Waals surface area contributed by atoms with Gasteiger partial charge in [0.25, 0.3) is 5.56 Å². The third kappa shape index (κ3) is 4.15. The number of nitrogens with one attached hydrogen (secondary N) is 1. The fourth-order valence-corrected chi connectivity index (χ4v) is 4.77. The molecule has 0 atom stereocenters. The van der Waals surface area contributed by atoms with Gasteiger partial charge in [-0.15, -0.1) is 0 Å². The molecule has 6 aromatic rings. The molecule has 37 heavy (non-hydrogen) atoms. The van der Waals surface area contributed by atoms with E-state index in [4.69, 9.17) is 4.98 Å². The van der Waals surface area contributed by atoms with Gasteiger partial charge in [0.2, 0.25) is 0 Å². The average Bonchev–Trinajstić information content (AvgIpc) is 3.33. The maximum atomic E-state index is 12.8. The number of aromatic amines is 1. The maximum absolute atomic E-state index is 12.8. The number of para-hydroxylation sites is 2. The first kappa shape index (κ1) is 22.7. The van der Waals surface area contributed by atoms with Crippen molar-refractivity contribution in [3.8, 4) is 39.5 Å². The second kappa shape index (κ2) is 9.36. The van der Waals surface area contributed by atoms with E-state index in [9.17, 15) is 4.79 Å². The van der Waals surface area contributed by atoms with Crippen molar-refractivity contribution >= 4 is 11.0 Å². The molecule has 0 aliphatic heterocycles. The van der Waals surface area contributed by atoms with E-state index in [-0.39, 0.29) is 5.56 Å². The molecule has 3 aromatic heterocycles. The lowest BCUT2D eigenvalue weighted by Gasteiger charge is -2.13. The molecule has 0 saturated heterocycles. The lowest BCUT2D eigenvalue weighted by atomic mass is 9.93. The van der Waals surface area contributed by atoms with Gasteiger partial charge in [-0.2, -0.15) is 0 Å². The van der Waals surface area contributed by atoms with E-state index in [1.807, 2.05) is 66.9 Å². The number of aromatic nitrogens is 4. The van der Waals surface area contributed by atoms with Crippen molar-refractivity contribution < 1.29 is 0 Å². The van der Waals surface area contributed by atoms with Gasteiger partial charge >= 0.3 is 0 Å². The SMILES string of the molecule is CC(C)c1cc(-c2ccccn2)cc(-c2cccc3c2nc(-c2ccc[nH]c2=O)n3-c2ccccc2)c1. The van der Waals surface area contributed by atoms with Crippen LogP contribution in [0.4, 0.5) is 0 Å². The first-order valence-corrected chi connectivity index (χ1v) is 12.4. The Hall–Kier alpha value is -4.77. The minimum Gasteiger partial charge on any atom is -0.328 e. The molecular formula is C32H26N4O. The Kier molecular flexibility index (Phi) is 5.73. The lowest BCUT2D eigenvalue weighted by molar-refractivity contribution is 0.867. The van der Waals surface area contributed by atoms with Gasteiger partial charge in [0.1, 0.15) is 0 Å². The summed E-state index contributed by atoms with van der Waals surface area (Å²) in [7, 11) is 0. The van der Waals surface area contributed by atoms with Crippen LogP contribution < -0.4 is 5.56 Å². The Morgan fingerprint density at radius 1 is 0.784 bits per heavy atom. The number of pyridine rings is 2. The minimum absolute atomic E-state index is 0.171. The smallest absolute Gasteiger partial charge is 0.258 e. The average molecular weight is 483 g/mol. The number of fused-ring (bicyclic) bond motifs is 1. The van der Waals surface area contributed by atoms with Crippen molar-refractivity contribution in [2.75, 3.05) is 0 Å². The molecule has 1 N–H and O–H groups in total. The molecule has 180 valence electrons. The van der Waals surface area contributed by atoms with Crippen molar-refractivity contribution in [1.82, 2.24) is 19.5 Å². The third-order valence-corrected chi connectivity index (χ3v) is 6.65. The summed E-state index contributed by atoms with van der Waals surface area (Å²) in [5.74, 6) is 0.961. The van der Waals surface area contributed by atoms with Gasteiger partial charge in [-0.05, 0) is 71.6 Å². The van der Waals surface area contributed by atoms with Gasteiger partial charge in [-0.1, -0.05) is 56.3 Å². The predicted molar refractivity (Wildman–Crippen MR) is 150 cm³/mol. The van der Waals surface area contributed by atoms with E-state index >= 15 is 0 Å². The van der Waals surface area contributed by atoms with Crippen molar-refractivity contribution in [3.63, 3.8) is 0 Å². The number of rotatable bonds is 5. The normalized spacial score (nSPS) is 11.3. The first-order chi connectivity index (χ1) is 18.1.